The molecule has 1 aromatic rings. The summed E-state index contributed by atoms with van der Waals surface area (Å²) < 4.78 is 0. The topological polar surface area (TPSA) is 45.2 Å². The van der Waals surface area contributed by atoms with Crippen LogP contribution in [0.4, 0.5) is 0 Å². The van der Waals surface area contributed by atoms with E-state index in [1.165, 1.54) is 6.20 Å². The van der Waals surface area contributed by atoms with E-state index in [1.807, 2.05) is 13.1 Å². The van der Waals surface area contributed by atoms with Gasteiger partial charge in [-0.25, -0.2) is 0 Å². The van der Waals surface area contributed by atoms with E-state index >= 15 is 0 Å². The van der Waals surface area contributed by atoms with Crippen molar-refractivity contribution >= 4 is 6.08 Å². The summed E-state index contributed by atoms with van der Waals surface area (Å²) in [7, 11) is 1.94. The van der Waals surface area contributed by atoms with Crippen LogP contribution in [0.15, 0.2) is 24.5 Å². The highest BCUT2D eigenvalue weighted by molar-refractivity contribution is 5.49. The molecule has 0 saturated carbocycles. The molecule has 1 aromatic heterocycles. The van der Waals surface area contributed by atoms with Gasteiger partial charge in [0, 0.05) is 12.2 Å². The summed E-state index contributed by atoms with van der Waals surface area (Å²) in [6.45, 7) is 2.12. The van der Waals surface area contributed by atoms with Crippen molar-refractivity contribution in [2.45, 2.75) is 19.4 Å². The summed E-state index contributed by atoms with van der Waals surface area (Å²) in [6, 6.07) is 2.16. The zero-order chi connectivity index (χ0) is 10.4. The molecule has 1 heterocycles. The Morgan fingerprint density at radius 1 is 1.57 bits per heavy atom. The van der Waals surface area contributed by atoms with E-state index in [0.717, 1.165) is 12.0 Å². The number of hydrogen-bond acceptors (Lipinski definition) is 3. The average Bonchev–Trinajstić information content (AvgIpc) is 2.17. The third-order valence-electron chi connectivity index (χ3n) is 2.04. The fraction of sp³-hybridized carbons (Fsp3) is 0.364. The Kier molecular flexibility index (Phi) is 4.13. The van der Waals surface area contributed by atoms with Crippen LogP contribution in [0.1, 0.15) is 18.9 Å². The lowest BCUT2D eigenvalue weighted by atomic mass is 10.2. The van der Waals surface area contributed by atoms with Crippen molar-refractivity contribution in [1.82, 2.24) is 10.3 Å². The van der Waals surface area contributed by atoms with Gasteiger partial charge in [0.1, 0.15) is 5.75 Å². The van der Waals surface area contributed by atoms with Crippen molar-refractivity contribution in [2.75, 3.05) is 7.05 Å². The summed E-state index contributed by atoms with van der Waals surface area (Å²) in [5.41, 5.74) is 0.924. The largest absolute Gasteiger partial charge is 0.506 e. The third kappa shape index (κ3) is 3.58. The first-order chi connectivity index (χ1) is 6.72. The molecule has 3 heteroatoms. The van der Waals surface area contributed by atoms with Crippen LogP contribution in [-0.4, -0.2) is 23.2 Å². The number of nitrogens with one attached hydrogen (secondary N) is 1. The molecule has 0 aliphatic carbocycles. The molecule has 0 aliphatic rings. The maximum Gasteiger partial charge on any atom is 0.134 e. The Hall–Kier alpha value is -1.35. The fourth-order valence-electron chi connectivity index (χ4n) is 1.06. The Bertz CT molecular complexity index is 310. The van der Waals surface area contributed by atoms with Gasteiger partial charge in [-0.3, -0.25) is 4.98 Å². The highest BCUT2D eigenvalue weighted by atomic mass is 16.3. The molecule has 0 aromatic carbocycles. The summed E-state index contributed by atoms with van der Waals surface area (Å²) in [4.78, 5) is 3.89. The van der Waals surface area contributed by atoms with Crippen molar-refractivity contribution in [1.29, 1.82) is 0 Å². The minimum atomic E-state index is 0.203. The van der Waals surface area contributed by atoms with Crippen molar-refractivity contribution < 1.29 is 5.11 Å². The zero-order valence-electron chi connectivity index (χ0n) is 8.57. The van der Waals surface area contributed by atoms with Gasteiger partial charge in [-0.2, -0.15) is 0 Å². The van der Waals surface area contributed by atoms with Crippen LogP contribution in [0.5, 0.6) is 5.75 Å². The van der Waals surface area contributed by atoms with Crippen LogP contribution in [0.25, 0.3) is 6.08 Å². The van der Waals surface area contributed by atoms with Gasteiger partial charge >= 0.3 is 0 Å². The summed E-state index contributed by atoms with van der Waals surface area (Å²) >= 11 is 0. The Balaban J connectivity index is 2.51. The van der Waals surface area contributed by atoms with E-state index in [4.69, 9.17) is 5.11 Å². The van der Waals surface area contributed by atoms with Gasteiger partial charge < -0.3 is 10.4 Å². The normalized spacial score (nSPS) is 13.3. The van der Waals surface area contributed by atoms with E-state index in [0.29, 0.717) is 6.04 Å². The average molecular weight is 192 g/mol. The van der Waals surface area contributed by atoms with E-state index in [2.05, 4.69) is 23.3 Å². The molecule has 1 rings (SSSR count). The Morgan fingerprint density at radius 3 is 3.00 bits per heavy atom. The highest BCUT2D eigenvalue weighted by Gasteiger charge is 1.93. The first-order valence-corrected chi connectivity index (χ1v) is 4.70. The molecular formula is C11H16N2O. The van der Waals surface area contributed by atoms with Gasteiger partial charge in [0.2, 0.25) is 0 Å². The van der Waals surface area contributed by atoms with Gasteiger partial charge in [0.25, 0.3) is 0 Å². The van der Waals surface area contributed by atoms with E-state index in [1.54, 1.807) is 12.3 Å². The van der Waals surface area contributed by atoms with Crippen molar-refractivity contribution in [3.05, 3.63) is 30.1 Å². The molecule has 0 saturated heterocycles. The summed E-state index contributed by atoms with van der Waals surface area (Å²) in [5.74, 6) is 0.203. The molecule has 1 unspecified atom stereocenters. The van der Waals surface area contributed by atoms with Crippen LogP contribution < -0.4 is 5.32 Å². The van der Waals surface area contributed by atoms with Gasteiger partial charge in [-0.05, 0) is 32.0 Å². The molecule has 1 atom stereocenters. The van der Waals surface area contributed by atoms with Crippen LogP contribution in [-0.2, 0) is 0 Å². The molecule has 0 amide bonds. The van der Waals surface area contributed by atoms with Crippen molar-refractivity contribution in [3.8, 4) is 5.75 Å². The molecule has 14 heavy (non-hydrogen) atoms. The standard InChI is InChI=1S/C11H16N2O/c1-9(12-2)4-3-5-10-6-11(14)8-13-7-10/h3,5-9,12,14H,4H2,1-2H3. The number of aromatic hydroxyl groups is 1. The molecule has 2 N–H and O–H groups in total. The minimum Gasteiger partial charge on any atom is -0.506 e. The second-order valence-corrected chi connectivity index (χ2v) is 3.30. The Labute approximate surface area is 84.5 Å². The SMILES string of the molecule is CNC(C)CC=Cc1cncc(O)c1. The number of rotatable bonds is 4. The lowest BCUT2D eigenvalue weighted by Crippen LogP contribution is -2.19. The predicted octanol–water partition coefficient (Wildman–Crippen LogP) is 1.80. The molecule has 0 fully saturated rings. The zero-order valence-corrected chi connectivity index (χ0v) is 8.57. The number of hydrogen-bond donors (Lipinski definition) is 2. The maximum absolute atomic E-state index is 9.16. The monoisotopic (exact) mass is 192 g/mol. The second kappa shape index (κ2) is 5.40. The van der Waals surface area contributed by atoms with Crippen LogP contribution >= 0.6 is 0 Å². The quantitative estimate of drug-likeness (QED) is 0.764. The molecular weight excluding hydrogens is 176 g/mol. The molecule has 3 nitrogen and oxygen atoms in total. The van der Waals surface area contributed by atoms with Crippen LogP contribution in [0.2, 0.25) is 0 Å². The van der Waals surface area contributed by atoms with E-state index in [9.17, 15) is 0 Å². The van der Waals surface area contributed by atoms with Crippen LogP contribution in [0.3, 0.4) is 0 Å². The lowest BCUT2D eigenvalue weighted by molar-refractivity contribution is 0.472. The minimum absolute atomic E-state index is 0.203. The number of pyridine rings is 1. The molecule has 0 spiro atoms. The second-order valence-electron chi connectivity index (χ2n) is 3.30. The number of aromatic nitrogens is 1. The van der Waals surface area contributed by atoms with Crippen molar-refractivity contribution in [3.63, 3.8) is 0 Å². The molecule has 0 radical (unpaired) electrons. The summed E-state index contributed by atoms with van der Waals surface area (Å²) in [5, 5.41) is 12.3. The predicted molar refractivity (Wildman–Crippen MR) is 58.1 cm³/mol. The van der Waals surface area contributed by atoms with Gasteiger partial charge in [-0.15, -0.1) is 0 Å². The van der Waals surface area contributed by atoms with Gasteiger partial charge in [0.15, 0.2) is 0 Å². The molecule has 0 bridgehead atoms. The van der Waals surface area contributed by atoms with Gasteiger partial charge in [0.05, 0.1) is 6.20 Å². The van der Waals surface area contributed by atoms with Gasteiger partial charge in [-0.1, -0.05) is 12.2 Å². The van der Waals surface area contributed by atoms with E-state index in [-0.39, 0.29) is 5.75 Å². The molecule has 76 valence electrons. The first kappa shape index (κ1) is 10.7. The maximum atomic E-state index is 9.16. The van der Waals surface area contributed by atoms with Crippen molar-refractivity contribution in [2.24, 2.45) is 0 Å². The Morgan fingerprint density at radius 2 is 2.36 bits per heavy atom. The fourth-order valence-corrected chi connectivity index (χ4v) is 1.06. The highest BCUT2D eigenvalue weighted by Crippen LogP contribution is 2.10. The smallest absolute Gasteiger partial charge is 0.134 e. The third-order valence-corrected chi connectivity index (χ3v) is 2.04. The summed E-state index contributed by atoms with van der Waals surface area (Å²) in [6.07, 6.45) is 8.14. The van der Waals surface area contributed by atoms with Crippen LogP contribution in [0, 0.1) is 0 Å². The lowest BCUT2D eigenvalue weighted by Gasteiger charge is -2.04. The number of nitrogens with zero attached hydrogens (tertiary/aromatic N) is 1. The van der Waals surface area contributed by atoms with E-state index < -0.39 is 0 Å². The first-order valence-electron chi connectivity index (χ1n) is 4.70. The molecule has 0 aliphatic heterocycles.